The normalized spacial score (nSPS) is 21.2. The Labute approximate surface area is 114 Å². The summed E-state index contributed by atoms with van der Waals surface area (Å²) in [5.74, 6) is 0.813. The first-order valence-electron chi connectivity index (χ1n) is 7.13. The number of rotatable bonds is 6. The van der Waals surface area contributed by atoms with Crippen LogP contribution in [-0.2, 0) is 14.3 Å². The molecule has 1 fully saturated rings. The summed E-state index contributed by atoms with van der Waals surface area (Å²) < 4.78 is 10.2. The number of carbonyl (C=O) groups is 1. The molecule has 1 aliphatic carbocycles. The Kier molecular flexibility index (Phi) is 5.51. The molecule has 5 heteroatoms. The summed E-state index contributed by atoms with van der Waals surface area (Å²) in [5.41, 5.74) is 0. The van der Waals surface area contributed by atoms with Gasteiger partial charge in [-0.25, -0.2) is 0 Å². The molecular formula is C14H23NO4. The van der Waals surface area contributed by atoms with Crippen LogP contribution in [0.4, 0.5) is 0 Å². The summed E-state index contributed by atoms with van der Waals surface area (Å²) in [6.07, 6.45) is 7.45. The third-order valence-corrected chi connectivity index (χ3v) is 3.82. The summed E-state index contributed by atoms with van der Waals surface area (Å²) in [5, 5.41) is 12.2. The van der Waals surface area contributed by atoms with E-state index in [2.05, 4.69) is 5.32 Å². The lowest BCUT2D eigenvalue weighted by molar-refractivity contribution is -0.122. The van der Waals surface area contributed by atoms with Crippen LogP contribution < -0.4 is 5.32 Å². The Morgan fingerprint density at radius 2 is 2.21 bits per heavy atom. The first-order chi connectivity index (χ1) is 9.29. The van der Waals surface area contributed by atoms with Crippen LogP contribution in [0.2, 0.25) is 0 Å². The van der Waals surface area contributed by atoms with Crippen LogP contribution in [0.25, 0.3) is 0 Å². The standard InChI is InChI=1S/C14H23NO4/c16-9-12(7-11-3-1-2-4-11)8-15-14(17)13-10-18-5-6-19-13/h10-12,16H,1-9H2,(H,15,17)/t12-/m1/s1. The average molecular weight is 269 g/mol. The third kappa shape index (κ3) is 4.42. The van der Waals surface area contributed by atoms with E-state index in [0.29, 0.717) is 25.7 Å². The number of ether oxygens (including phenoxy) is 2. The topological polar surface area (TPSA) is 67.8 Å². The maximum absolute atomic E-state index is 11.8. The van der Waals surface area contributed by atoms with Crippen LogP contribution in [-0.4, -0.2) is 37.4 Å². The van der Waals surface area contributed by atoms with Crippen molar-refractivity contribution < 1.29 is 19.4 Å². The number of amides is 1. The zero-order valence-electron chi connectivity index (χ0n) is 11.3. The fourth-order valence-electron chi connectivity index (χ4n) is 2.75. The summed E-state index contributed by atoms with van der Waals surface area (Å²) in [7, 11) is 0. The van der Waals surface area contributed by atoms with Crippen LogP contribution in [0, 0.1) is 11.8 Å². The Morgan fingerprint density at radius 1 is 1.42 bits per heavy atom. The van der Waals surface area contributed by atoms with E-state index in [4.69, 9.17) is 9.47 Å². The monoisotopic (exact) mass is 269 g/mol. The van der Waals surface area contributed by atoms with Gasteiger partial charge in [0.05, 0.1) is 0 Å². The predicted octanol–water partition coefficient (Wildman–Crippen LogP) is 1.18. The zero-order valence-corrected chi connectivity index (χ0v) is 11.3. The van der Waals surface area contributed by atoms with E-state index in [-0.39, 0.29) is 24.2 Å². The van der Waals surface area contributed by atoms with Crippen LogP contribution in [0.1, 0.15) is 32.1 Å². The quantitative estimate of drug-likeness (QED) is 0.760. The van der Waals surface area contributed by atoms with E-state index in [1.807, 2.05) is 0 Å². The highest BCUT2D eigenvalue weighted by atomic mass is 16.6. The maximum atomic E-state index is 11.8. The van der Waals surface area contributed by atoms with Crippen molar-refractivity contribution in [3.05, 3.63) is 12.0 Å². The van der Waals surface area contributed by atoms with Crippen LogP contribution in [0.5, 0.6) is 0 Å². The van der Waals surface area contributed by atoms with Gasteiger partial charge in [-0.05, 0) is 18.3 Å². The van der Waals surface area contributed by atoms with Crippen molar-refractivity contribution in [2.75, 3.05) is 26.4 Å². The highest BCUT2D eigenvalue weighted by Crippen LogP contribution is 2.30. The van der Waals surface area contributed by atoms with Gasteiger partial charge in [-0.3, -0.25) is 4.79 Å². The molecule has 0 radical (unpaired) electrons. The summed E-state index contributed by atoms with van der Waals surface area (Å²) in [6.45, 7) is 1.50. The lowest BCUT2D eigenvalue weighted by Gasteiger charge is -2.20. The molecule has 0 aromatic heterocycles. The molecule has 5 nitrogen and oxygen atoms in total. The fourth-order valence-corrected chi connectivity index (χ4v) is 2.75. The second-order valence-corrected chi connectivity index (χ2v) is 5.35. The van der Waals surface area contributed by atoms with E-state index in [9.17, 15) is 9.90 Å². The average Bonchev–Trinajstić information content (AvgIpc) is 2.97. The highest BCUT2D eigenvalue weighted by Gasteiger charge is 2.21. The largest absolute Gasteiger partial charge is 0.494 e. The molecular weight excluding hydrogens is 246 g/mol. The third-order valence-electron chi connectivity index (χ3n) is 3.82. The Bertz CT molecular complexity index is 323. The minimum Gasteiger partial charge on any atom is -0.494 e. The molecule has 0 unspecified atom stereocenters. The van der Waals surface area contributed by atoms with E-state index in [0.717, 1.165) is 6.42 Å². The van der Waals surface area contributed by atoms with Gasteiger partial charge in [0.15, 0.2) is 0 Å². The van der Waals surface area contributed by atoms with Gasteiger partial charge in [-0.15, -0.1) is 0 Å². The Hall–Kier alpha value is -1.23. The number of aliphatic hydroxyl groups is 1. The summed E-state index contributed by atoms with van der Waals surface area (Å²) in [4.78, 5) is 11.8. The van der Waals surface area contributed by atoms with Crippen LogP contribution in [0.3, 0.4) is 0 Å². The van der Waals surface area contributed by atoms with Gasteiger partial charge in [0.1, 0.15) is 19.5 Å². The molecule has 1 aliphatic heterocycles. The van der Waals surface area contributed by atoms with Crippen molar-refractivity contribution in [2.24, 2.45) is 11.8 Å². The van der Waals surface area contributed by atoms with Crippen LogP contribution >= 0.6 is 0 Å². The summed E-state index contributed by atoms with van der Waals surface area (Å²) in [6, 6.07) is 0. The molecule has 0 aromatic carbocycles. The van der Waals surface area contributed by atoms with Crippen molar-refractivity contribution in [1.29, 1.82) is 0 Å². The molecule has 2 aliphatic rings. The van der Waals surface area contributed by atoms with E-state index < -0.39 is 0 Å². The van der Waals surface area contributed by atoms with Gasteiger partial charge in [-0.1, -0.05) is 25.7 Å². The molecule has 0 spiro atoms. The fraction of sp³-hybridized carbons (Fsp3) is 0.786. The molecule has 2 rings (SSSR count). The van der Waals surface area contributed by atoms with E-state index in [1.165, 1.54) is 31.9 Å². The maximum Gasteiger partial charge on any atom is 0.289 e. The number of carbonyl (C=O) groups excluding carboxylic acids is 1. The van der Waals surface area contributed by atoms with Crippen molar-refractivity contribution in [1.82, 2.24) is 5.32 Å². The van der Waals surface area contributed by atoms with Crippen molar-refractivity contribution in [3.8, 4) is 0 Å². The van der Waals surface area contributed by atoms with Gasteiger partial charge in [0.25, 0.3) is 5.91 Å². The lowest BCUT2D eigenvalue weighted by Crippen LogP contribution is -2.34. The van der Waals surface area contributed by atoms with Gasteiger partial charge in [0.2, 0.25) is 5.76 Å². The highest BCUT2D eigenvalue weighted by molar-refractivity contribution is 5.91. The molecule has 0 saturated heterocycles. The smallest absolute Gasteiger partial charge is 0.289 e. The first kappa shape index (κ1) is 14.2. The van der Waals surface area contributed by atoms with Gasteiger partial charge in [-0.2, -0.15) is 0 Å². The number of aliphatic hydroxyl groups excluding tert-OH is 1. The number of hydrogen-bond acceptors (Lipinski definition) is 4. The second kappa shape index (κ2) is 7.38. The molecule has 1 amide bonds. The Balaban J connectivity index is 1.72. The molecule has 1 heterocycles. The molecule has 2 N–H and O–H groups in total. The van der Waals surface area contributed by atoms with Crippen molar-refractivity contribution in [2.45, 2.75) is 32.1 Å². The minimum absolute atomic E-state index is 0.118. The van der Waals surface area contributed by atoms with Gasteiger partial charge >= 0.3 is 0 Å². The first-order valence-corrected chi connectivity index (χ1v) is 7.13. The number of hydrogen-bond donors (Lipinski definition) is 2. The SMILES string of the molecule is O=C(NC[C@H](CO)CC1CCCC1)C1=COCCO1. The zero-order chi connectivity index (χ0) is 13.5. The molecule has 108 valence electrons. The van der Waals surface area contributed by atoms with Gasteiger partial charge in [0, 0.05) is 13.2 Å². The second-order valence-electron chi connectivity index (χ2n) is 5.35. The number of nitrogens with one attached hydrogen (secondary N) is 1. The molecule has 0 aromatic rings. The minimum atomic E-state index is -0.260. The lowest BCUT2D eigenvalue weighted by atomic mass is 9.94. The molecule has 0 bridgehead atoms. The Morgan fingerprint density at radius 3 is 2.84 bits per heavy atom. The van der Waals surface area contributed by atoms with E-state index >= 15 is 0 Å². The molecule has 19 heavy (non-hydrogen) atoms. The summed E-state index contributed by atoms with van der Waals surface area (Å²) >= 11 is 0. The van der Waals surface area contributed by atoms with Crippen LogP contribution in [0.15, 0.2) is 12.0 Å². The molecule has 1 saturated carbocycles. The van der Waals surface area contributed by atoms with Gasteiger partial charge < -0.3 is 19.9 Å². The van der Waals surface area contributed by atoms with Crippen molar-refractivity contribution in [3.63, 3.8) is 0 Å². The predicted molar refractivity (Wildman–Crippen MR) is 70.1 cm³/mol. The molecule has 1 atom stereocenters. The van der Waals surface area contributed by atoms with E-state index in [1.54, 1.807) is 0 Å². The van der Waals surface area contributed by atoms with Crippen molar-refractivity contribution >= 4 is 5.91 Å².